The first-order chi connectivity index (χ1) is 10.0. The Morgan fingerprint density at radius 1 is 1.14 bits per heavy atom. The predicted molar refractivity (Wildman–Crippen MR) is 88.3 cm³/mol. The molecular formula is C17H29N3O. The van der Waals surface area contributed by atoms with Gasteiger partial charge in [0.15, 0.2) is 0 Å². The Hall–Kier alpha value is -1.39. The molecule has 4 heteroatoms. The van der Waals surface area contributed by atoms with Crippen LogP contribution < -0.4 is 5.32 Å². The number of hydrogen-bond acceptors (Lipinski definition) is 3. The lowest BCUT2D eigenvalue weighted by molar-refractivity contribution is -0.130. The van der Waals surface area contributed by atoms with Crippen molar-refractivity contribution in [3.8, 4) is 0 Å². The lowest BCUT2D eigenvalue weighted by Gasteiger charge is -2.31. The van der Waals surface area contributed by atoms with Gasteiger partial charge in [0, 0.05) is 26.7 Å². The lowest BCUT2D eigenvalue weighted by atomic mass is 10.0. The van der Waals surface area contributed by atoms with Gasteiger partial charge in [-0.15, -0.1) is 0 Å². The Balaban J connectivity index is 2.77. The number of rotatable bonds is 8. The second-order valence-electron chi connectivity index (χ2n) is 5.51. The van der Waals surface area contributed by atoms with Crippen molar-refractivity contribution < 1.29 is 4.79 Å². The Kier molecular flexibility index (Phi) is 7.40. The molecule has 0 aliphatic carbocycles. The summed E-state index contributed by atoms with van der Waals surface area (Å²) in [7, 11) is 3.58. The van der Waals surface area contributed by atoms with Gasteiger partial charge in [0.25, 0.3) is 0 Å². The first kappa shape index (κ1) is 17.7. The van der Waals surface area contributed by atoms with Crippen LogP contribution >= 0.6 is 0 Å². The fourth-order valence-corrected chi connectivity index (χ4v) is 2.56. The van der Waals surface area contributed by atoms with Gasteiger partial charge >= 0.3 is 0 Å². The molecular weight excluding hydrogens is 262 g/mol. The van der Waals surface area contributed by atoms with E-state index in [2.05, 4.69) is 48.3 Å². The fourth-order valence-electron chi connectivity index (χ4n) is 2.56. The first-order valence-corrected chi connectivity index (χ1v) is 7.74. The van der Waals surface area contributed by atoms with Crippen molar-refractivity contribution in [2.75, 3.05) is 33.7 Å². The minimum atomic E-state index is -0.165. The zero-order chi connectivity index (χ0) is 15.8. The summed E-state index contributed by atoms with van der Waals surface area (Å²) in [5.41, 5.74) is 1.29. The molecule has 1 rings (SSSR count). The molecule has 1 aromatic rings. The van der Waals surface area contributed by atoms with Crippen LogP contribution in [-0.4, -0.2) is 55.5 Å². The molecule has 0 fully saturated rings. The molecule has 1 N–H and O–H groups in total. The van der Waals surface area contributed by atoms with Gasteiger partial charge < -0.3 is 10.2 Å². The van der Waals surface area contributed by atoms with Crippen LogP contribution in [0.5, 0.6) is 0 Å². The second kappa shape index (κ2) is 8.80. The quantitative estimate of drug-likeness (QED) is 0.797. The Morgan fingerprint density at radius 2 is 1.71 bits per heavy atom. The summed E-state index contributed by atoms with van der Waals surface area (Å²) in [5.74, 6) is 0.112. The maximum atomic E-state index is 12.0. The van der Waals surface area contributed by atoms with Crippen molar-refractivity contribution in [2.45, 2.75) is 32.9 Å². The van der Waals surface area contributed by atoms with Crippen molar-refractivity contribution in [3.63, 3.8) is 0 Å². The molecule has 2 atom stereocenters. The van der Waals surface area contributed by atoms with Gasteiger partial charge in [-0.25, -0.2) is 0 Å². The molecule has 0 saturated carbocycles. The van der Waals surface area contributed by atoms with Gasteiger partial charge in [-0.2, -0.15) is 0 Å². The summed E-state index contributed by atoms with van der Waals surface area (Å²) in [6.45, 7) is 9.03. The molecule has 2 unspecified atom stereocenters. The molecule has 0 heterocycles. The van der Waals surface area contributed by atoms with Crippen LogP contribution in [0, 0.1) is 0 Å². The van der Waals surface area contributed by atoms with E-state index in [1.807, 2.05) is 13.0 Å². The van der Waals surface area contributed by atoms with Crippen molar-refractivity contribution in [3.05, 3.63) is 35.9 Å². The maximum Gasteiger partial charge on any atom is 0.238 e. The molecule has 0 spiro atoms. The van der Waals surface area contributed by atoms with Gasteiger partial charge in [0.05, 0.1) is 6.04 Å². The summed E-state index contributed by atoms with van der Waals surface area (Å²) in [4.78, 5) is 16.0. The topological polar surface area (TPSA) is 35.6 Å². The lowest BCUT2D eigenvalue weighted by Crippen LogP contribution is -2.45. The third-order valence-electron chi connectivity index (χ3n) is 3.87. The first-order valence-electron chi connectivity index (χ1n) is 7.74. The summed E-state index contributed by atoms with van der Waals surface area (Å²) in [6.07, 6.45) is 0. The number of nitrogens with one attached hydrogen (secondary N) is 1. The number of likely N-dealkylation sites (N-methyl/N-ethyl adjacent to an activating group) is 2. The second-order valence-corrected chi connectivity index (χ2v) is 5.51. The molecule has 0 radical (unpaired) electrons. The highest BCUT2D eigenvalue weighted by molar-refractivity contribution is 5.80. The van der Waals surface area contributed by atoms with Crippen molar-refractivity contribution >= 4 is 5.91 Å². The normalized spacial score (nSPS) is 14.0. The standard InChI is InChI=1S/C17H29N3O/c1-6-20(7-2)16(15-11-9-8-10-12-15)13-18-14(3)17(21)19(4)5/h8-12,14,16,18H,6-7,13H2,1-5H3. The van der Waals surface area contributed by atoms with Crippen LogP contribution in [0.25, 0.3) is 0 Å². The largest absolute Gasteiger partial charge is 0.347 e. The fraction of sp³-hybridized carbons (Fsp3) is 0.588. The Bertz CT molecular complexity index is 415. The highest BCUT2D eigenvalue weighted by atomic mass is 16.2. The maximum absolute atomic E-state index is 12.0. The van der Waals surface area contributed by atoms with E-state index in [0.29, 0.717) is 6.04 Å². The van der Waals surface area contributed by atoms with Crippen molar-refractivity contribution in [1.82, 2.24) is 15.1 Å². The van der Waals surface area contributed by atoms with Gasteiger partial charge in [-0.1, -0.05) is 44.2 Å². The third-order valence-corrected chi connectivity index (χ3v) is 3.87. The van der Waals surface area contributed by atoms with E-state index in [-0.39, 0.29) is 11.9 Å². The molecule has 0 saturated heterocycles. The van der Waals surface area contributed by atoms with Crippen LogP contribution in [0.15, 0.2) is 30.3 Å². The minimum absolute atomic E-state index is 0.112. The van der Waals surface area contributed by atoms with Crippen LogP contribution in [0.2, 0.25) is 0 Å². The van der Waals surface area contributed by atoms with E-state index >= 15 is 0 Å². The summed E-state index contributed by atoms with van der Waals surface area (Å²) in [5, 5.41) is 3.38. The van der Waals surface area contributed by atoms with Crippen molar-refractivity contribution in [1.29, 1.82) is 0 Å². The number of carbonyl (C=O) groups excluding carboxylic acids is 1. The highest BCUT2D eigenvalue weighted by Crippen LogP contribution is 2.19. The Labute approximate surface area is 129 Å². The average molecular weight is 291 g/mol. The average Bonchev–Trinajstić information content (AvgIpc) is 2.51. The molecule has 118 valence electrons. The molecule has 1 amide bonds. The number of nitrogens with zero attached hydrogens (tertiary/aromatic N) is 2. The molecule has 0 aromatic heterocycles. The summed E-state index contributed by atoms with van der Waals surface area (Å²) >= 11 is 0. The zero-order valence-corrected chi connectivity index (χ0v) is 14.0. The molecule has 21 heavy (non-hydrogen) atoms. The Morgan fingerprint density at radius 3 is 2.19 bits per heavy atom. The third kappa shape index (κ3) is 5.14. The number of benzene rings is 1. The van der Waals surface area contributed by atoms with E-state index in [1.54, 1.807) is 19.0 Å². The smallest absolute Gasteiger partial charge is 0.238 e. The molecule has 1 aromatic carbocycles. The minimum Gasteiger partial charge on any atom is -0.347 e. The van der Waals surface area contributed by atoms with E-state index in [0.717, 1.165) is 19.6 Å². The van der Waals surface area contributed by atoms with Gasteiger partial charge in [0.1, 0.15) is 0 Å². The van der Waals surface area contributed by atoms with Gasteiger partial charge in [-0.05, 0) is 25.6 Å². The van der Waals surface area contributed by atoms with Crippen LogP contribution in [0.4, 0.5) is 0 Å². The van der Waals surface area contributed by atoms with Crippen LogP contribution in [0.3, 0.4) is 0 Å². The van der Waals surface area contributed by atoms with E-state index in [1.165, 1.54) is 5.56 Å². The molecule has 0 aliphatic rings. The van der Waals surface area contributed by atoms with E-state index in [9.17, 15) is 4.79 Å². The predicted octanol–water partition coefficient (Wildman–Crippen LogP) is 2.14. The highest BCUT2D eigenvalue weighted by Gasteiger charge is 2.21. The number of carbonyl (C=O) groups is 1. The molecule has 4 nitrogen and oxygen atoms in total. The SMILES string of the molecule is CCN(CC)C(CNC(C)C(=O)N(C)C)c1ccccc1. The van der Waals surface area contributed by atoms with E-state index < -0.39 is 0 Å². The van der Waals surface area contributed by atoms with Gasteiger partial charge in [-0.3, -0.25) is 9.69 Å². The van der Waals surface area contributed by atoms with Crippen molar-refractivity contribution in [2.24, 2.45) is 0 Å². The number of hydrogen-bond donors (Lipinski definition) is 1. The van der Waals surface area contributed by atoms with Crippen LogP contribution in [0.1, 0.15) is 32.4 Å². The molecule has 0 aliphatic heterocycles. The monoisotopic (exact) mass is 291 g/mol. The zero-order valence-electron chi connectivity index (χ0n) is 14.0. The van der Waals surface area contributed by atoms with Crippen LogP contribution in [-0.2, 0) is 4.79 Å². The van der Waals surface area contributed by atoms with Gasteiger partial charge in [0.2, 0.25) is 5.91 Å². The summed E-state index contributed by atoms with van der Waals surface area (Å²) in [6, 6.07) is 10.6. The summed E-state index contributed by atoms with van der Waals surface area (Å²) < 4.78 is 0. The molecule has 0 bridgehead atoms. The number of amides is 1. The van der Waals surface area contributed by atoms with E-state index in [4.69, 9.17) is 0 Å².